The fourth-order valence-electron chi connectivity index (χ4n) is 2.33. The van der Waals surface area contributed by atoms with Gasteiger partial charge in [-0.15, -0.1) is 0 Å². The Balaban J connectivity index is 1.56. The molecule has 3 aromatic rings. The van der Waals surface area contributed by atoms with Gasteiger partial charge >= 0.3 is 0 Å². The number of imidazole rings is 1. The second kappa shape index (κ2) is 5.76. The Kier molecular flexibility index (Phi) is 3.57. The van der Waals surface area contributed by atoms with E-state index in [4.69, 9.17) is 16.3 Å². The van der Waals surface area contributed by atoms with Crippen LogP contribution >= 0.6 is 11.6 Å². The maximum Gasteiger partial charge on any atom is 0.228 e. The van der Waals surface area contributed by atoms with Crippen molar-refractivity contribution in [3.8, 4) is 11.5 Å². The minimum Gasteiger partial charge on any atom is -0.455 e. The molecule has 0 atom stereocenters. The lowest BCUT2D eigenvalue weighted by Gasteiger charge is -2.08. The number of hydrogen-bond acceptors (Lipinski definition) is 5. The van der Waals surface area contributed by atoms with Gasteiger partial charge in [-0.05, 0) is 30.5 Å². The van der Waals surface area contributed by atoms with Gasteiger partial charge in [-0.2, -0.15) is 4.98 Å². The number of anilines is 1. The van der Waals surface area contributed by atoms with Gasteiger partial charge in [0, 0.05) is 31.3 Å². The van der Waals surface area contributed by atoms with Gasteiger partial charge in [-0.25, -0.2) is 9.97 Å². The summed E-state index contributed by atoms with van der Waals surface area (Å²) in [6.45, 7) is 0. The molecule has 0 bridgehead atoms. The van der Waals surface area contributed by atoms with Gasteiger partial charge < -0.3 is 14.6 Å². The smallest absolute Gasteiger partial charge is 0.228 e. The van der Waals surface area contributed by atoms with Gasteiger partial charge in [0.05, 0.1) is 11.7 Å². The summed E-state index contributed by atoms with van der Waals surface area (Å²) in [6.07, 6.45) is 5.06. The molecule has 7 nitrogen and oxygen atoms in total. The average Bonchev–Trinajstić information content (AvgIpc) is 3.37. The Bertz CT molecular complexity index is 935. The number of pyridine rings is 2. The van der Waals surface area contributed by atoms with Gasteiger partial charge in [0.25, 0.3) is 0 Å². The lowest BCUT2D eigenvalue weighted by Crippen LogP contribution is -2.14. The summed E-state index contributed by atoms with van der Waals surface area (Å²) >= 11 is 5.99. The molecule has 4 rings (SSSR count). The number of fused-ring (bicyclic) bond motifs is 1. The molecule has 3 heterocycles. The predicted molar refractivity (Wildman–Crippen MR) is 89.2 cm³/mol. The number of amides is 1. The first kappa shape index (κ1) is 14.9. The van der Waals surface area contributed by atoms with Gasteiger partial charge in [0.2, 0.25) is 11.2 Å². The van der Waals surface area contributed by atoms with E-state index >= 15 is 0 Å². The Hall–Kier alpha value is -2.67. The molecular formula is C16H14ClN5O2. The summed E-state index contributed by atoms with van der Waals surface area (Å²) in [5, 5.41) is 3.16. The average molecular weight is 344 g/mol. The van der Waals surface area contributed by atoms with Crippen LogP contribution in [0.2, 0.25) is 5.28 Å². The van der Waals surface area contributed by atoms with E-state index in [0.717, 1.165) is 18.4 Å². The van der Waals surface area contributed by atoms with Crippen LogP contribution in [0.3, 0.4) is 0 Å². The summed E-state index contributed by atoms with van der Waals surface area (Å²) in [7, 11) is 1.81. The molecule has 1 aliphatic carbocycles. The molecule has 1 aliphatic rings. The molecule has 0 aliphatic heterocycles. The topological polar surface area (TPSA) is 81.9 Å². The van der Waals surface area contributed by atoms with Crippen LogP contribution in [-0.2, 0) is 11.8 Å². The van der Waals surface area contributed by atoms with E-state index in [9.17, 15) is 4.79 Å². The van der Waals surface area contributed by atoms with Crippen LogP contribution in [0.4, 0.5) is 5.82 Å². The van der Waals surface area contributed by atoms with Crippen LogP contribution < -0.4 is 10.1 Å². The van der Waals surface area contributed by atoms with Gasteiger partial charge in [-0.3, -0.25) is 4.79 Å². The SMILES string of the molecule is Cn1c(Cl)nc2ncc(Oc3ccnc(NC(=O)C4CC4)c3)cc21. The number of rotatable bonds is 4. The highest BCUT2D eigenvalue weighted by molar-refractivity contribution is 6.29. The molecule has 8 heteroatoms. The van der Waals surface area contributed by atoms with Gasteiger partial charge in [-0.1, -0.05) is 0 Å². The van der Waals surface area contributed by atoms with Crippen molar-refractivity contribution >= 4 is 34.5 Å². The number of halogens is 1. The van der Waals surface area contributed by atoms with E-state index in [1.165, 1.54) is 0 Å². The quantitative estimate of drug-likeness (QED) is 0.786. The monoisotopic (exact) mass is 343 g/mol. The van der Waals surface area contributed by atoms with E-state index in [2.05, 4.69) is 20.3 Å². The molecule has 1 amide bonds. The number of hydrogen-bond donors (Lipinski definition) is 1. The molecule has 0 radical (unpaired) electrons. The molecule has 0 saturated heterocycles. The van der Waals surface area contributed by atoms with Crippen molar-refractivity contribution in [1.82, 2.24) is 19.5 Å². The fraction of sp³-hybridized carbons (Fsp3) is 0.250. The molecule has 0 aromatic carbocycles. The first-order chi connectivity index (χ1) is 11.6. The second-order valence-corrected chi connectivity index (χ2v) is 6.03. The minimum absolute atomic E-state index is 0.00672. The first-order valence-electron chi connectivity index (χ1n) is 7.53. The minimum atomic E-state index is 0.00672. The Morgan fingerprint density at radius 2 is 2.17 bits per heavy atom. The normalized spacial score (nSPS) is 13.9. The number of nitrogens with one attached hydrogen (secondary N) is 1. The Morgan fingerprint density at radius 3 is 2.96 bits per heavy atom. The standard InChI is InChI=1S/C16H14ClN5O2/c1-22-12-6-11(8-19-14(12)21-16(22)17)24-10-4-5-18-13(7-10)20-15(23)9-2-3-9/h4-9H,2-3H2,1H3,(H,18,20,23). The lowest BCUT2D eigenvalue weighted by molar-refractivity contribution is -0.117. The number of aromatic nitrogens is 4. The number of nitrogens with zero attached hydrogens (tertiary/aromatic N) is 4. The molecule has 3 aromatic heterocycles. The molecular weight excluding hydrogens is 330 g/mol. The summed E-state index contributed by atoms with van der Waals surface area (Å²) in [5.41, 5.74) is 1.33. The summed E-state index contributed by atoms with van der Waals surface area (Å²) < 4.78 is 7.54. The summed E-state index contributed by atoms with van der Waals surface area (Å²) in [5.74, 6) is 1.71. The van der Waals surface area contributed by atoms with Crippen LogP contribution in [0.1, 0.15) is 12.8 Å². The first-order valence-corrected chi connectivity index (χ1v) is 7.91. The second-order valence-electron chi connectivity index (χ2n) is 5.70. The Morgan fingerprint density at radius 1 is 1.33 bits per heavy atom. The van der Waals surface area contributed by atoms with Gasteiger partial charge in [0.1, 0.15) is 17.3 Å². The van der Waals surface area contributed by atoms with Crippen LogP contribution in [0.25, 0.3) is 11.2 Å². The zero-order valence-electron chi connectivity index (χ0n) is 12.9. The molecule has 1 N–H and O–H groups in total. The number of carbonyl (C=O) groups is 1. The molecule has 24 heavy (non-hydrogen) atoms. The number of ether oxygens (including phenoxy) is 1. The van der Waals surface area contributed by atoms with Crippen LogP contribution in [0.5, 0.6) is 11.5 Å². The van der Waals surface area contributed by atoms with E-state index in [1.807, 2.05) is 6.07 Å². The molecule has 122 valence electrons. The molecule has 1 fully saturated rings. The van der Waals surface area contributed by atoms with E-state index in [0.29, 0.717) is 28.2 Å². The van der Waals surface area contributed by atoms with Crippen molar-refractivity contribution in [3.05, 3.63) is 35.9 Å². The number of carbonyl (C=O) groups excluding carboxylic acids is 1. The third-order valence-electron chi connectivity index (χ3n) is 3.82. The highest BCUT2D eigenvalue weighted by Crippen LogP contribution is 2.31. The third kappa shape index (κ3) is 2.90. The van der Waals surface area contributed by atoms with Crippen molar-refractivity contribution in [2.75, 3.05) is 5.32 Å². The Labute approximate surface area is 142 Å². The third-order valence-corrected chi connectivity index (χ3v) is 4.16. The molecule has 0 spiro atoms. The van der Waals surface area contributed by atoms with Crippen molar-refractivity contribution in [3.63, 3.8) is 0 Å². The summed E-state index contributed by atoms with van der Waals surface area (Å²) in [6, 6.07) is 5.21. The highest BCUT2D eigenvalue weighted by Gasteiger charge is 2.29. The highest BCUT2D eigenvalue weighted by atomic mass is 35.5. The summed E-state index contributed by atoms with van der Waals surface area (Å²) in [4.78, 5) is 24.3. The largest absolute Gasteiger partial charge is 0.455 e. The molecule has 0 unspecified atom stereocenters. The van der Waals surface area contributed by atoms with E-state index < -0.39 is 0 Å². The fourth-order valence-corrected chi connectivity index (χ4v) is 2.50. The van der Waals surface area contributed by atoms with Gasteiger partial charge in [0.15, 0.2) is 5.65 Å². The predicted octanol–water partition coefficient (Wildman–Crippen LogP) is 3.16. The van der Waals surface area contributed by atoms with Crippen molar-refractivity contribution < 1.29 is 9.53 Å². The maximum atomic E-state index is 11.8. The van der Waals surface area contributed by atoms with Crippen LogP contribution in [0.15, 0.2) is 30.6 Å². The van der Waals surface area contributed by atoms with Crippen LogP contribution in [-0.4, -0.2) is 25.4 Å². The van der Waals surface area contributed by atoms with E-state index in [1.54, 1.807) is 36.1 Å². The van der Waals surface area contributed by atoms with E-state index in [-0.39, 0.29) is 11.8 Å². The zero-order chi connectivity index (χ0) is 16.7. The maximum absolute atomic E-state index is 11.8. The number of aryl methyl sites for hydroxylation is 1. The van der Waals surface area contributed by atoms with Crippen molar-refractivity contribution in [1.29, 1.82) is 0 Å². The zero-order valence-corrected chi connectivity index (χ0v) is 13.6. The van der Waals surface area contributed by atoms with Crippen molar-refractivity contribution in [2.24, 2.45) is 13.0 Å². The van der Waals surface area contributed by atoms with Crippen LogP contribution in [0, 0.1) is 5.92 Å². The van der Waals surface area contributed by atoms with Crippen molar-refractivity contribution in [2.45, 2.75) is 12.8 Å². The lowest BCUT2D eigenvalue weighted by atomic mass is 10.3. The molecule has 1 saturated carbocycles.